The van der Waals surface area contributed by atoms with E-state index in [0.717, 1.165) is 34.3 Å². The maximum atomic E-state index is 6.18. The van der Waals surface area contributed by atoms with Gasteiger partial charge in [0.05, 0.1) is 11.1 Å². The first-order valence-corrected chi connectivity index (χ1v) is 6.89. The van der Waals surface area contributed by atoms with E-state index in [1.54, 1.807) is 11.8 Å². The lowest BCUT2D eigenvalue weighted by atomic mass is 10.2. The molecule has 1 fully saturated rings. The van der Waals surface area contributed by atoms with Gasteiger partial charge in [0.2, 0.25) is 0 Å². The van der Waals surface area contributed by atoms with E-state index in [-0.39, 0.29) is 0 Å². The Morgan fingerprint density at radius 3 is 3.06 bits per heavy atom. The molecule has 0 spiro atoms. The van der Waals surface area contributed by atoms with Gasteiger partial charge < -0.3 is 10.5 Å². The molecule has 1 unspecified atom stereocenters. The first kappa shape index (κ1) is 12.2. The largest absolute Gasteiger partial charge is 0.377 e. The average molecular weight is 258 g/mol. The van der Waals surface area contributed by atoms with Crippen LogP contribution in [0.1, 0.15) is 18.4 Å². The van der Waals surface area contributed by atoms with Crippen LogP contribution in [0.15, 0.2) is 23.1 Å². The van der Waals surface area contributed by atoms with Gasteiger partial charge in [0.15, 0.2) is 0 Å². The molecule has 1 heterocycles. The SMILES string of the molecule is NCc1cccc(Cl)c1SCC1CCCO1. The van der Waals surface area contributed by atoms with Gasteiger partial charge in [-0.05, 0) is 24.5 Å². The minimum Gasteiger partial charge on any atom is -0.377 e. The summed E-state index contributed by atoms with van der Waals surface area (Å²) < 4.78 is 5.59. The Hall–Kier alpha value is -0.220. The van der Waals surface area contributed by atoms with Crippen LogP contribution in [0.25, 0.3) is 0 Å². The monoisotopic (exact) mass is 257 g/mol. The molecule has 0 aliphatic carbocycles. The minimum absolute atomic E-state index is 0.381. The molecular weight excluding hydrogens is 242 g/mol. The molecule has 4 heteroatoms. The van der Waals surface area contributed by atoms with E-state index in [9.17, 15) is 0 Å². The quantitative estimate of drug-likeness (QED) is 0.842. The molecule has 1 aromatic carbocycles. The third-order valence-corrected chi connectivity index (χ3v) is 4.44. The number of rotatable bonds is 4. The minimum atomic E-state index is 0.381. The highest BCUT2D eigenvalue weighted by atomic mass is 35.5. The number of nitrogens with two attached hydrogens (primary N) is 1. The fraction of sp³-hybridized carbons (Fsp3) is 0.500. The first-order chi connectivity index (χ1) is 7.81. The van der Waals surface area contributed by atoms with Crippen molar-refractivity contribution >= 4 is 23.4 Å². The standard InChI is InChI=1S/C12H16ClNOS/c13-11-5-1-3-9(7-14)12(11)16-8-10-4-2-6-15-10/h1,3,5,10H,2,4,6-8,14H2. The maximum absolute atomic E-state index is 6.18. The molecule has 2 N–H and O–H groups in total. The molecule has 2 nitrogen and oxygen atoms in total. The molecule has 2 rings (SSSR count). The number of ether oxygens (including phenoxy) is 1. The van der Waals surface area contributed by atoms with Crippen molar-refractivity contribution in [1.82, 2.24) is 0 Å². The molecule has 0 bridgehead atoms. The zero-order valence-electron chi connectivity index (χ0n) is 9.12. The van der Waals surface area contributed by atoms with Gasteiger partial charge in [-0.25, -0.2) is 0 Å². The number of hydrogen-bond donors (Lipinski definition) is 1. The van der Waals surface area contributed by atoms with Gasteiger partial charge in [0, 0.05) is 23.8 Å². The molecule has 0 aromatic heterocycles. The van der Waals surface area contributed by atoms with Gasteiger partial charge >= 0.3 is 0 Å². The Kier molecular flexibility index (Phi) is 4.53. The maximum Gasteiger partial charge on any atom is 0.0669 e. The molecule has 88 valence electrons. The van der Waals surface area contributed by atoms with Crippen molar-refractivity contribution in [3.8, 4) is 0 Å². The highest BCUT2D eigenvalue weighted by molar-refractivity contribution is 7.99. The molecule has 1 aliphatic rings. The van der Waals surface area contributed by atoms with Crippen molar-refractivity contribution in [2.75, 3.05) is 12.4 Å². The molecule has 1 saturated heterocycles. The molecule has 1 atom stereocenters. The summed E-state index contributed by atoms with van der Waals surface area (Å²) in [5.74, 6) is 0.969. The molecule has 16 heavy (non-hydrogen) atoms. The number of benzene rings is 1. The number of hydrogen-bond acceptors (Lipinski definition) is 3. The summed E-state index contributed by atoms with van der Waals surface area (Å²) in [6.45, 7) is 1.44. The molecule has 0 amide bonds. The van der Waals surface area contributed by atoms with Crippen LogP contribution >= 0.6 is 23.4 Å². The van der Waals surface area contributed by atoms with Gasteiger partial charge in [0.1, 0.15) is 0 Å². The van der Waals surface area contributed by atoms with Crippen LogP contribution in [-0.2, 0) is 11.3 Å². The van der Waals surface area contributed by atoms with Crippen molar-refractivity contribution in [3.05, 3.63) is 28.8 Å². The third kappa shape index (κ3) is 2.92. The van der Waals surface area contributed by atoms with Gasteiger partial charge in [-0.1, -0.05) is 23.7 Å². The lowest BCUT2D eigenvalue weighted by Crippen LogP contribution is -2.08. The van der Waals surface area contributed by atoms with E-state index < -0.39 is 0 Å². The van der Waals surface area contributed by atoms with Crippen LogP contribution in [-0.4, -0.2) is 18.5 Å². The first-order valence-electron chi connectivity index (χ1n) is 5.53. The Labute approximate surface area is 105 Å². The summed E-state index contributed by atoms with van der Waals surface area (Å²) in [6.07, 6.45) is 2.72. The molecule has 0 saturated carbocycles. The van der Waals surface area contributed by atoms with Crippen molar-refractivity contribution in [1.29, 1.82) is 0 Å². The second-order valence-corrected chi connectivity index (χ2v) is 5.32. The molecule has 1 aromatic rings. The smallest absolute Gasteiger partial charge is 0.0669 e. The fourth-order valence-corrected chi connectivity index (χ4v) is 3.34. The summed E-state index contributed by atoms with van der Waals surface area (Å²) in [5.41, 5.74) is 6.82. The highest BCUT2D eigenvalue weighted by Crippen LogP contribution is 2.32. The Balaban J connectivity index is 2.01. The van der Waals surface area contributed by atoms with Gasteiger partial charge in [-0.2, -0.15) is 0 Å². The topological polar surface area (TPSA) is 35.2 Å². The van der Waals surface area contributed by atoms with Crippen LogP contribution < -0.4 is 5.73 Å². The van der Waals surface area contributed by atoms with Crippen LogP contribution in [0.2, 0.25) is 5.02 Å². The van der Waals surface area contributed by atoms with Crippen LogP contribution in [0.3, 0.4) is 0 Å². The summed E-state index contributed by atoms with van der Waals surface area (Å²) in [7, 11) is 0. The van der Waals surface area contributed by atoms with Crippen molar-refractivity contribution in [3.63, 3.8) is 0 Å². The van der Waals surface area contributed by atoms with Gasteiger partial charge in [0.25, 0.3) is 0 Å². The second kappa shape index (κ2) is 5.92. The summed E-state index contributed by atoms with van der Waals surface area (Å²) >= 11 is 7.93. The van der Waals surface area contributed by atoms with Crippen LogP contribution in [0, 0.1) is 0 Å². The zero-order valence-corrected chi connectivity index (χ0v) is 10.7. The predicted octanol–water partition coefficient (Wildman–Crippen LogP) is 3.07. The predicted molar refractivity (Wildman–Crippen MR) is 69.0 cm³/mol. The van der Waals surface area contributed by atoms with Crippen molar-refractivity contribution < 1.29 is 4.74 Å². The Morgan fingerprint density at radius 1 is 1.50 bits per heavy atom. The summed E-state index contributed by atoms with van der Waals surface area (Å²) in [6, 6.07) is 5.89. The lowest BCUT2D eigenvalue weighted by Gasteiger charge is -2.12. The van der Waals surface area contributed by atoms with E-state index in [1.807, 2.05) is 18.2 Å². The van der Waals surface area contributed by atoms with E-state index in [4.69, 9.17) is 22.1 Å². The Bertz CT molecular complexity index is 353. The van der Waals surface area contributed by atoms with Crippen molar-refractivity contribution in [2.24, 2.45) is 5.73 Å². The van der Waals surface area contributed by atoms with E-state index in [0.29, 0.717) is 12.6 Å². The van der Waals surface area contributed by atoms with Crippen LogP contribution in [0.4, 0.5) is 0 Å². The van der Waals surface area contributed by atoms with Gasteiger partial charge in [-0.3, -0.25) is 0 Å². The van der Waals surface area contributed by atoms with Crippen LogP contribution in [0.5, 0.6) is 0 Å². The molecular formula is C12H16ClNOS. The number of thioether (sulfide) groups is 1. The second-order valence-electron chi connectivity index (χ2n) is 3.88. The normalized spacial score (nSPS) is 20.2. The lowest BCUT2D eigenvalue weighted by molar-refractivity contribution is 0.129. The third-order valence-electron chi connectivity index (χ3n) is 2.71. The Morgan fingerprint density at radius 2 is 2.38 bits per heavy atom. The molecule has 1 aliphatic heterocycles. The summed E-state index contributed by atoms with van der Waals surface area (Å²) in [5, 5.41) is 0.797. The summed E-state index contributed by atoms with van der Waals surface area (Å²) in [4.78, 5) is 1.11. The number of halogens is 1. The fourth-order valence-electron chi connectivity index (χ4n) is 1.83. The van der Waals surface area contributed by atoms with E-state index in [2.05, 4.69) is 0 Å². The van der Waals surface area contributed by atoms with Gasteiger partial charge in [-0.15, -0.1) is 11.8 Å². The van der Waals surface area contributed by atoms with E-state index >= 15 is 0 Å². The zero-order chi connectivity index (χ0) is 11.4. The van der Waals surface area contributed by atoms with E-state index in [1.165, 1.54) is 6.42 Å². The molecule has 0 radical (unpaired) electrons. The highest BCUT2D eigenvalue weighted by Gasteiger charge is 2.17. The van der Waals surface area contributed by atoms with Crippen molar-refractivity contribution in [2.45, 2.75) is 30.4 Å². The average Bonchev–Trinajstić information content (AvgIpc) is 2.80.